The van der Waals surface area contributed by atoms with Crippen molar-refractivity contribution in [1.29, 1.82) is 0 Å². The maximum atomic E-state index is 11.5. The van der Waals surface area contributed by atoms with Crippen molar-refractivity contribution >= 4 is 5.97 Å². The number of halogens is 2. The first-order valence-electron chi connectivity index (χ1n) is 2.84. The van der Waals surface area contributed by atoms with Crippen LogP contribution in [0.25, 0.3) is 0 Å². The predicted molar refractivity (Wildman–Crippen MR) is 29.6 cm³/mol. The van der Waals surface area contributed by atoms with Crippen molar-refractivity contribution in [1.82, 2.24) is 0 Å². The maximum absolute atomic E-state index is 11.5. The zero-order valence-corrected chi connectivity index (χ0v) is 5.10. The molecule has 56 valence electrons. The van der Waals surface area contributed by atoms with E-state index >= 15 is 0 Å². The molecule has 10 heavy (non-hydrogen) atoms. The van der Waals surface area contributed by atoms with E-state index in [0.717, 1.165) is 0 Å². The van der Waals surface area contributed by atoms with E-state index in [1.54, 1.807) is 0 Å². The standard InChI is InChI=1S/C6H6F2O2/c7-4(8)3-6(1-2-6)5(9)10/h3H,1-2H2,(H,9,10). The Morgan fingerprint density at radius 3 is 2.10 bits per heavy atom. The van der Waals surface area contributed by atoms with Gasteiger partial charge in [-0.25, -0.2) is 0 Å². The first-order chi connectivity index (χ1) is 4.57. The molecule has 0 heterocycles. The lowest BCUT2D eigenvalue weighted by Crippen LogP contribution is -2.11. The highest BCUT2D eigenvalue weighted by atomic mass is 19.3. The summed E-state index contributed by atoms with van der Waals surface area (Å²) in [5, 5.41) is 8.37. The number of rotatable bonds is 2. The van der Waals surface area contributed by atoms with Gasteiger partial charge in [0.25, 0.3) is 6.08 Å². The number of hydrogen-bond donors (Lipinski definition) is 1. The van der Waals surface area contributed by atoms with Gasteiger partial charge in [-0.3, -0.25) is 4.79 Å². The van der Waals surface area contributed by atoms with Crippen LogP contribution in [0.3, 0.4) is 0 Å². The highest BCUT2D eigenvalue weighted by Gasteiger charge is 2.49. The first kappa shape index (κ1) is 7.18. The molecule has 0 saturated heterocycles. The minimum absolute atomic E-state index is 0.333. The average Bonchev–Trinajstić information content (AvgIpc) is 2.46. The van der Waals surface area contributed by atoms with Gasteiger partial charge in [0.15, 0.2) is 0 Å². The monoisotopic (exact) mass is 148 g/mol. The fourth-order valence-electron chi connectivity index (χ4n) is 0.763. The average molecular weight is 148 g/mol. The lowest BCUT2D eigenvalue weighted by Gasteiger charge is -1.98. The van der Waals surface area contributed by atoms with Crippen LogP contribution < -0.4 is 0 Å². The molecule has 0 spiro atoms. The third-order valence-corrected chi connectivity index (χ3v) is 1.60. The summed E-state index contributed by atoms with van der Waals surface area (Å²) < 4.78 is 23.1. The Hall–Kier alpha value is -0.930. The number of carbonyl (C=O) groups is 1. The molecule has 1 aliphatic carbocycles. The van der Waals surface area contributed by atoms with Crippen molar-refractivity contribution in [3.63, 3.8) is 0 Å². The molecule has 0 radical (unpaired) electrons. The van der Waals surface area contributed by atoms with E-state index in [4.69, 9.17) is 5.11 Å². The van der Waals surface area contributed by atoms with Crippen molar-refractivity contribution < 1.29 is 18.7 Å². The summed E-state index contributed by atoms with van der Waals surface area (Å²) in [6.45, 7) is 0. The maximum Gasteiger partial charge on any atom is 0.313 e. The van der Waals surface area contributed by atoms with E-state index in [0.29, 0.717) is 18.9 Å². The van der Waals surface area contributed by atoms with Gasteiger partial charge in [0.05, 0.1) is 5.41 Å². The van der Waals surface area contributed by atoms with E-state index in [1.807, 2.05) is 0 Å². The van der Waals surface area contributed by atoms with Gasteiger partial charge >= 0.3 is 5.97 Å². The van der Waals surface area contributed by atoms with E-state index in [1.165, 1.54) is 0 Å². The van der Waals surface area contributed by atoms with Crippen LogP contribution >= 0.6 is 0 Å². The Balaban J connectivity index is 2.71. The summed E-state index contributed by atoms with van der Waals surface area (Å²) in [4.78, 5) is 10.2. The number of hydrogen-bond acceptors (Lipinski definition) is 1. The molecule has 1 rings (SSSR count). The summed E-state index contributed by atoms with van der Waals surface area (Å²) in [5.74, 6) is -1.15. The lowest BCUT2D eigenvalue weighted by atomic mass is 10.1. The zero-order valence-electron chi connectivity index (χ0n) is 5.10. The molecule has 0 bridgehead atoms. The van der Waals surface area contributed by atoms with Crippen LogP contribution in [0, 0.1) is 5.41 Å². The highest BCUT2D eigenvalue weighted by Crippen LogP contribution is 2.48. The molecule has 2 nitrogen and oxygen atoms in total. The molecule has 0 amide bonds. The van der Waals surface area contributed by atoms with Crippen molar-refractivity contribution in [3.05, 3.63) is 12.2 Å². The summed E-state index contributed by atoms with van der Waals surface area (Å²) in [6, 6.07) is 0. The minimum atomic E-state index is -1.90. The van der Waals surface area contributed by atoms with Gasteiger partial charge in [0.1, 0.15) is 0 Å². The number of carboxylic acid groups (broad SMARTS) is 1. The zero-order chi connectivity index (χ0) is 7.78. The molecule has 0 atom stereocenters. The van der Waals surface area contributed by atoms with Gasteiger partial charge in [-0.05, 0) is 18.9 Å². The van der Waals surface area contributed by atoms with Crippen LogP contribution in [0.4, 0.5) is 8.78 Å². The first-order valence-corrected chi connectivity index (χ1v) is 2.84. The highest BCUT2D eigenvalue weighted by molar-refractivity contribution is 5.80. The van der Waals surface area contributed by atoms with Crippen LogP contribution in [0.1, 0.15) is 12.8 Å². The van der Waals surface area contributed by atoms with Gasteiger partial charge < -0.3 is 5.11 Å². The minimum Gasteiger partial charge on any atom is -0.481 e. The number of carboxylic acids is 1. The third-order valence-electron chi connectivity index (χ3n) is 1.60. The molecular weight excluding hydrogens is 142 g/mol. The van der Waals surface area contributed by atoms with Crippen LogP contribution in [0.5, 0.6) is 0 Å². The third kappa shape index (κ3) is 1.15. The molecule has 0 aromatic heterocycles. The number of aliphatic carboxylic acids is 1. The van der Waals surface area contributed by atoms with Crippen molar-refractivity contribution in [2.45, 2.75) is 12.8 Å². The van der Waals surface area contributed by atoms with Crippen LogP contribution in [-0.2, 0) is 4.79 Å². The van der Waals surface area contributed by atoms with Crippen LogP contribution in [-0.4, -0.2) is 11.1 Å². The molecule has 1 saturated carbocycles. The van der Waals surface area contributed by atoms with Crippen LogP contribution in [0.15, 0.2) is 12.2 Å². The largest absolute Gasteiger partial charge is 0.481 e. The van der Waals surface area contributed by atoms with E-state index in [9.17, 15) is 13.6 Å². The van der Waals surface area contributed by atoms with Gasteiger partial charge in [0, 0.05) is 0 Å². The quantitative estimate of drug-likeness (QED) is 0.646. The Morgan fingerprint density at radius 2 is 2.00 bits per heavy atom. The molecule has 1 aliphatic rings. The van der Waals surface area contributed by atoms with Crippen molar-refractivity contribution in [3.8, 4) is 0 Å². The SMILES string of the molecule is O=C(O)C1(C=C(F)F)CC1. The van der Waals surface area contributed by atoms with Gasteiger partial charge in [-0.15, -0.1) is 0 Å². The summed E-state index contributed by atoms with van der Waals surface area (Å²) in [5.41, 5.74) is -1.22. The topological polar surface area (TPSA) is 37.3 Å². The predicted octanol–water partition coefficient (Wildman–Crippen LogP) is 1.63. The summed E-state index contributed by atoms with van der Waals surface area (Å²) in [7, 11) is 0. The Morgan fingerprint density at radius 1 is 1.50 bits per heavy atom. The molecule has 0 aliphatic heterocycles. The van der Waals surface area contributed by atoms with Crippen molar-refractivity contribution in [2.75, 3.05) is 0 Å². The van der Waals surface area contributed by atoms with Gasteiger partial charge in [-0.2, -0.15) is 8.78 Å². The van der Waals surface area contributed by atoms with Gasteiger partial charge in [-0.1, -0.05) is 0 Å². The molecule has 0 aromatic rings. The second kappa shape index (κ2) is 2.04. The Kier molecular flexibility index (Phi) is 1.46. The summed E-state index contributed by atoms with van der Waals surface area (Å²) in [6.07, 6.45) is -0.714. The van der Waals surface area contributed by atoms with Crippen LogP contribution in [0.2, 0.25) is 0 Å². The Bertz CT molecular complexity index is 190. The molecule has 4 heteroatoms. The molecule has 0 unspecified atom stereocenters. The normalized spacial score (nSPS) is 19.8. The second-order valence-electron chi connectivity index (χ2n) is 2.40. The van der Waals surface area contributed by atoms with Gasteiger partial charge in [0.2, 0.25) is 0 Å². The molecular formula is C6H6F2O2. The van der Waals surface area contributed by atoms with E-state index in [2.05, 4.69) is 0 Å². The molecule has 1 N–H and O–H groups in total. The molecule has 0 aromatic carbocycles. The Labute approximate surface area is 56.2 Å². The summed E-state index contributed by atoms with van der Waals surface area (Å²) >= 11 is 0. The van der Waals surface area contributed by atoms with Crippen molar-refractivity contribution in [2.24, 2.45) is 5.41 Å². The lowest BCUT2D eigenvalue weighted by molar-refractivity contribution is -0.141. The smallest absolute Gasteiger partial charge is 0.313 e. The fraction of sp³-hybridized carbons (Fsp3) is 0.500. The molecule has 1 fully saturated rings. The van der Waals surface area contributed by atoms with E-state index in [-0.39, 0.29) is 0 Å². The second-order valence-corrected chi connectivity index (χ2v) is 2.40. The van der Waals surface area contributed by atoms with E-state index < -0.39 is 17.5 Å². The fourth-order valence-corrected chi connectivity index (χ4v) is 0.763.